The molecule has 0 saturated carbocycles. The predicted octanol–water partition coefficient (Wildman–Crippen LogP) is 1.81. The van der Waals surface area contributed by atoms with Crippen LogP contribution in [0.3, 0.4) is 0 Å². The van der Waals surface area contributed by atoms with Gasteiger partial charge in [0.05, 0.1) is 37.3 Å². The first-order valence-corrected chi connectivity index (χ1v) is 11.4. The molecule has 2 aliphatic rings. The normalized spacial score (nSPS) is 24.8. The zero-order valence-corrected chi connectivity index (χ0v) is 17.6. The van der Waals surface area contributed by atoms with Crippen molar-refractivity contribution >= 4 is 10.0 Å². The summed E-state index contributed by atoms with van der Waals surface area (Å²) < 4.78 is 38.8. The lowest BCUT2D eigenvalue weighted by atomic mass is 10.1. The third-order valence-corrected chi connectivity index (χ3v) is 7.50. The van der Waals surface area contributed by atoms with Gasteiger partial charge in [0.2, 0.25) is 10.0 Å². The van der Waals surface area contributed by atoms with E-state index in [-0.39, 0.29) is 24.5 Å². The molecule has 3 heterocycles. The zero-order chi connectivity index (χ0) is 20.4. The van der Waals surface area contributed by atoms with Crippen LogP contribution in [0.5, 0.6) is 5.75 Å². The van der Waals surface area contributed by atoms with Gasteiger partial charge in [0, 0.05) is 32.4 Å². The lowest BCUT2D eigenvalue weighted by Crippen LogP contribution is -2.45. The molecule has 0 unspecified atom stereocenters. The van der Waals surface area contributed by atoms with Crippen LogP contribution in [-0.4, -0.2) is 67.3 Å². The molecule has 2 atom stereocenters. The molecule has 0 aliphatic carbocycles. The first-order chi connectivity index (χ1) is 14.0. The van der Waals surface area contributed by atoms with Gasteiger partial charge in [-0.15, -0.1) is 0 Å². The predicted molar refractivity (Wildman–Crippen MR) is 110 cm³/mol. The fourth-order valence-electron chi connectivity index (χ4n) is 4.05. The second kappa shape index (κ2) is 8.39. The summed E-state index contributed by atoms with van der Waals surface area (Å²) in [6, 6.07) is 11.3. The van der Waals surface area contributed by atoms with Crippen LogP contribution in [0.4, 0.5) is 0 Å². The highest BCUT2D eigenvalue weighted by Gasteiger charge is 2.44. The summed E-state index contributed by atoms with van der Waals surface area (Å²) in [4.78, 5) is 6.73. The Balaban J connectivity index is 1.54. The minimum absolute atomic E-state index is 0.0233. The topological polar surface area (TPSA) is 72.0 Å². The minimum atomic E-state index is -3.40. The molecule has 7 nitrogen and oxygen atoms in total. The Hall–Kier alpha value is -2.00. The average Bonchev–Trinajstić information content (AvgIpc) is 3.05. The highest BCUT2D eigenvalue weighted by atomic mass is 32.2. The summed E-state index contributed by atoms with van der Waals surface area (Å²) in [6.45, 7) is 4.66. The number of benzene rings is 1. The number of ether oxygens (including phenoxy) is 2. The molecule has 4 rings (SSSR count). The number of pyridine rings is 1. The Morgan fingerprint density at radius 2 is 1.97 bits per heavy atom. The molecule has 0 bridgehead atoms. The van der Waals surface area contributed by atoms with Crippen LogP contribution in [0.1, 0.15) is 16.8 Å². The average molecular weight is 418 g/mol. The third-order valence-electron chi connectivity index (χ3n) is 5.70. The Kier molecular flexibility index (Phi) is 5.87. The Bertz CT molecular complexity index is 949. The van der Waals surface area contributed by atoms with E-state index in [1.807, 2.05) is 43.3 Å². The minimum Gasteiger partial charge on any atom is -0.497 e. The summed E-state index contributed by atoms with van der Waals surface area (Å²) in [6.07, 6.45) is 1.67. The summed E-state index contributed by atoms with van der Waals surface area (Å²) in [7, 11) is -1.78. The van der Waals surface area contributed by atoms with Crippen molar-refractivity contribution in [2.75, 3.05) is 32.6 Å². The number of hydrogen-bond donors (Lipinski definition) is 0. The third kappa shape index (κ3) is 4.45. The van der Waals surface area contributed by atoms with Gasteiger partial charge in [-0.05, 0) is 36.2 Å². The van der Waals surface area contributed by atoms with Gasteiger partial charge < -0.3 is 9.47 Å². The molecular formula is C21H27N3O4S. The molecule has 2 saturated heterocycles. The van der Waals surface area contributed by atoms with Crippen LogP contribution in [0.25, 0.3) is 0 Å². The van der Waals surface area contributed by atoms with Crippen LogP contribution in [0.2, 0.25) is 0 Å². The molecule has 0 N–H and O–H groups in total. The van der Waals surface area contributed by atoms with Crippen LogP contribution in [0, 0.1) is 6.92 Å². The van der Waals surface area contributed by atoms with Gasteiger partial charge >= 0.3 is 0 Å². The number of fused-ring (bicyclic) bond motifs is 1. The van der Waals surface area contributed by atoms with Crippen LogP contribution >= 0.6 is 0 Å². The van der Waals surface area contributed by atoms with E-state index in [4.69, 9.17) is 9.47 Å². The van der Waals surface area contributed by atoms with Crippen molar-refractivity contribution in [3.05, 3.63) is 59.4 Å². The van der Waals surface area contributed by atoms with E-state index in [1.165, 1.54) is 0 Å². The van der Waals surface area contributed by atoms with E-state index in [0.717, 1.165) is 22.6 Å². The largest absolute Gasteiger partial charge is 0.497 e. The molecule has 2 fully saturated rings. The summed E-state index contributed by atoms with van der Waals surface area (Å²) in [5.41, 5.74) is 3.10. The SMILES string of the molecule is COc1ccc(CN2[C@@H]3CN(Cc4ncccc4C)C[C@@H]3OCCS2(=O)=O)cc1. The number of hydrogen-bond acceptors (Lipinski definition) is 6. The molecule has 1 aromatic carbocycles. The standard InChI is InChI=1S/C21H27N3O4S/c1-16-4-3-9-22-19(16)13-23-14-20-21(15-23)28-10-11-29(25,26)24(20)12-17-5-7-18(27-2)8-6-17/h3-9,20-21H,10-15H2,1-2H3/t20-,21+/m1/s1. The summed E-state index contributed by atoms with van der Waals surface area (Å²) in [5, 5.41) is 0. The fourth-order valence-corrected chi connectivity index (χ4v) is 5.55. The van der Waals surface area contributed by atoms with Crippen molar-refractivity contribution in [2.24, 2.45) is 0 Å². The van der Waals surface area contributed by atoms with Gasteiger partial charge in [-0.2, -0.15) is 4.31 Å². The van der Waals surface area contributed by atoms with Gasteiger partial charge in [-0.1, -0.05) is 18.2 Å². The van der Waals surface area contributed by atoms with E-state index in [0.29, 0.717) is 26.2 Å². The van der Waals surface area contributed by atoms with Crippen molar-refractivity contribution in [3.8, 4) is 5.75 Å². The molecule has 2 aromatic rings. The Morgan fingerprint density at radius 1 is 1.17 bits per heavy atom. The van der Waals surface area contributed by atoms with Gasteiger partial charge in [-0.3, -0.25) is 9.88 Å². The smallest absolute Gasteiger partial charge is 0.217 e. The molecule has 0 amide bonds. The summed E-state index contributed by atoms with van der Waals surface area (Å²) in [5.74, 6) is 0.779. The number of aromatic nitrogens is 1. The molecule has 0 radical (unpaired) electrons. The van der Waals surface area contributed by atoms with Crippen molar-refractivity contribution in [1.29, 1.82) is 0 Å². The number of rotatable bonds is 5. The Labute approximate surface area is 172 Å². The fraction of sp³-hybridized carbons (Fsp3) is 0.476. The molecule has 2 aliphatic heterocycles. The van der Waals surface area contributed by atoms with E-state index < -0.39 is 10.0 Å². The maximum atomic E-state index is 13.0. The molecule has 8 heteroatoms. The van der Waals surface area contributed by atoms with Crippen LogP contribution in [0.15, 0.2) is 42.6 Å². The van der Waals surface area contributed by atoms with E-state index in [1.54, 1.807) is 17.6 Å². The first-order valence-electron chi connectivity index (χ1n) is 9.83. The first kappa shape index (κ1) is 20.3. The number of likely N-dealkylation sites (tertiary alicyclic amines) is 1. The highest BCUT2D eigenvalue weighted by molar-refractivity contribution is 7.89. The number of aryl methyl sites for hydroxylation is 1. The molecule has 0 spiro atoms. The van der Waals surface area contributed by atoms with E-state index in [9.17, 15) is 8.42 Å². The van der Waals surface area contributed by atoms with Crippen LogP contribution < -0.4 is 4.74 Å². The van der Waals surface area contributed by atoms with Gasteiger partial charge in [0.15, 0.2) is 0 Å². The highest BCUT2D eigenvalue weighted by Crippen LogP contribution is 2.28. The lowest BCUT2D eigenvalue weighted by Gasteiger charge is -2.28. The second-order valence-corrected chi connectivity index (χ2v) is 9.69. The van der Waals surface area contributed by atoms with E-state index in [2.05, 4.69) is 9.88 Å². The lowest BCUT2D eigenvalue weighted by molar-refractivity contribution is 0.0457. The monoisotopic (exact) mass is 417 g/mol. The molecule has 29 heavy (non-hydrogen) atoms. The van der Waals surface area contributed by atoms with Crippen molar-refractivity contribution in [1.82, 2.24) is 14.2 Å². The maximum Gasteiger partial charge on any atom is 0.217 e. The molecule has 1 aromatic heterocycles. The zero-order valence-electron chi connectivity index (χ0n) is 16.8. The Morgan fingerprint density at radius 3 is 2.69 bits per heavy atom. The van der Waals surface area contributed by atoms with Crippen molar-refractivity contribution in [2.45, 2.75) is 32.2 Å². The summed E-state index contributed by atoms with van der Waals surface area (Å²) >= 11 is 0. The van der Waals surface area contributed by atoms with Crippen LogP contribution in [-0.2, 0) is 27.8 Å². The molecular weight excluding hydrogens is 390 g/mol. The second-order valence-electron chi connectivity index (χ2n) is 7.65. The maximum absolute atomic E-state index is 13.0. The van der Waals surface area contributed by atoms with Gasteiger partial charge in [-0.25, -0.2) is 8.42 Å². The quantitative estimate of drug-likeness (QED) is 0.739. The van der Waals surface area contributed by atoms with Gasteiger partial charge in [0.1, 0.15) is 5.75 Å². The molecule has 156 valence electrons. The van der Waals surface area contributed by atoms with Crippen molar-refractivity contribution in [3.63, 3.8) is 0 Å². The number of methoxy groups -OCH3 is 1. The number of sulfonamides is 1. The number of nitrogens with zero attached hydrogens (tertiary/aromatic N) is 3. The van der Waals surface area contributed by atoms with E-state index >= 15 is 0 Å². The van der Waals surface area contributed by atoms with Gasteiger partial charge in [0.25, 0.3) is 0 Å². The van der Waals surface area contributed by atoms with Crippen molar-refractivity contribution < 1.29 is 17.9 Å².